The van der Waals surface area contributed by atoms with Gasteiger partial charge in [0.15, 0.2) is 9.50 Å². The lowest BCUT2D eigenvalue weighted by atomic mass is 10.4. The molecule has 2 amide bonds. The van der Waals surface area contributed by atoms with E-state index in [2.05, 4.69) is 10.1 Å². The fourth-order valence-electron chi connectivity index (χ4n) is 1.47. The highest BCUT2D eigenvalue weighted by Gasteiger charge is 2.42. The van der Waals surface area contributed by atoms with Gasteiger partial charge in [-0.1, -0.05) is 11.6 Å². The van der Waals surface area contributed by atoms with Crippen molar-refractivity contribution in [1.29, 1.82) is 0 Å². The minimum Gasteiger partial charge on any atom is -0.272 e. The summed E-state index contributed by atoms with van der Waals surface area (Å²) in [4.78, 5) is 39.7. The van der Waals surface area contributed by atoms with Gasteiger partial charge in [0.2, 0.25) is 0 Å². The molecular formula is C8H6ClN5O4S. The molecule has 100 valence electrons. The molecule has 19 heavy (non-hydrogen) atoms. The van der Waals surface area contributed by atoms with E-state index in [-0.39, 0.29) is 17.0 Å². The minimum atomic E-state index is -0.968. The van der Waals surface area contributed by atoms with Crippen molar-refractivity contribution in [1.82, 2.24) is 14.8 Å². The number of nitro groups is 1. The summed E-state index contributed by atoms with van der Waals surface area (Å²) in [5.41, 5.74) is 0. The fraction of sp³-hybridized carbons (Fsp3) is 0.250. The van der Waals surface area contributed by atoms with E-state index in [1.165, 1.54) is 13.2 Å². The standard InChI is InChI=1S/C8H6ClN5O4S/c1-12-5(15)6(16)13(8(12)11-14(17)18)3-4-2-10-7(9)19-4/h2H,3H2,1H3. The second-order valence-corrected chi connectivity index (χ2v) is 5.17. The van der Waals surface area contributed by atoms with Crippen LogP contribution in [-0.2, 0) is 16.1 Å². The van der Waals surface area contributed by atoms with Gasteiger partial charge < -0.3 is 0 Å². The lowest BCUT2D eigenvalue weighted by Gasteiger charge is -2.12. The van der Waals surface area contributed by atoms with Gasteiger partial charge >= 0.3 is 11.8 Å². The largest absolute Gasteiger partial charge is 0.319 e. The number of carbonyl (C=O) groups excluding carboxylic acids is 2. The summed E-state index contributed by atoms with van der Waals surface area (Å²) in [5, 5.41) is 12.5. The maximum atomic E-state index is 11.7. The summed E-state index contributed by atoms with van der Waals surface area (Å²) < 4.78 is 0.272. The highest BCUT2D eigenvalue weighted by molar-refractivity contribution is 7.15. The molecule has 0 saturated carbocycles. The summed E-state index contributed by atoms with van der Waals surface area (Å²) >= 11 is 6.75. The van der Waals surface area contributed by atoms with Crippen molar-refractivity contribution < 1.29 is 14.6 Å². The van der Waals surface area contributed by atoms with E-state index in [0.29, 0.717) is 4.88 Å². The van der Waals surface area contributed by atoms with Gasteiger partial charge in [0.25, 0.3) is 5.96 Å². The van der Waals surface area contributed by atoms with E-state index >= 15 is 0 Å². The molecule has 0 atom stereocenters. The quantitative estimate of drug-likeness (QED) is 0.448. The van der Waals surface area contributed by atoms with E-state index in [4.69, 9.17) is 11.6 Å². The number of likely N-dealkylation sites (N-methyl/N-ethyl adjacent to an activating group) is 1. The summed E-state index contributed by atoms with van der Waals surface area (Å²) in [5.74, 6) is -2.09. The highest BCUT2D eigenvalue weighted by atomic mass is 35.5. The summed E-state index contributed by atoms with van der Waals surface area (Å²) in [6.45, 7) is -0.0496. The first-order chi connectivity index (χ1) is 8.90. The van der Waals surface area contributed by atoms with Gasteiger partial charge in [-0.3, -0.25) is 19.4 Å². The van der Waals surface area contributed by atoms with Crippen molar-refractivity contribution in [2.45, 2.75) is 6.54 Å². The Balaban J connectivity index is 2.32. The molecule has 1 aromatic heterocycles. The zero-order chi connectivity index (χ0) is 14.2. The Bertz CT molecular complexity index is 600. The number of halogens is 1. The lowest BCUT2D eigenvalue weighted by Crippen LogP contribution is -2.33. The van der Waals surface area contributed by atoms with Crippen molar-refractivity contribution in [2.75, 3.05) is 7.05 Å². The van der Waals surface area contributed by atoms with Crippen LogP contribution in [0.15, 0.2) is 11.3 Å². The van der Waals surface area contributed by atoms with E-state index in [0.717, 1.165) is 21.1 Å². The Hall–Kier alpha value is -2.07. The van der Waals surface area contributed by atoms with Crippen LogP contribution < -0.4 is 0 Å². The Labute approximate surface area is 115 Å². The van der Waals surface area contributed by atoms with Gasteiger partial charge in [-0.25, -0.2) is 15.1 Å². The Kier molecular flexibility index (Phi) is 3.44. The highest BCUT2D eigenvalue weighted by Crippen LogP contribution is 2.22. The Morgan fingerprint density at radius 2 is 2.21 bits per heavy atom. The van der Waals surface area contributed by atoms with Crippen LogP contribution >= 0.6 is 22.9 Å². The number of hydrogen-bond acceptors (Lipinski definition) is 6. The lowest BCUT2D eigenvalue weighted by molar-refractivity contribution is -0.486. The predicted molar refractivity (Wildman–Crippen MR) is 64.9 cm³/mol. The molecule has 1 fully saturated rings. The Morgan fingerprint density at radius 3 is 2.74 bits per heavy atom. The zero-order valence-electron chi connectivity index (χ0n) is 9.44. The average Bonchev–Trinajstić information content (AvgIpc) is 2.82. The zero-order valence-corrected chi connectivity index (χ0v) is 11.0. The molecule has 9 nitrogen and oxygen atoms in total. The molecule has 1 aliphatic heterocycles. The molecule has 0 radical (unpaired) electrons. The first-order valence-electron chi connectivity index (χ1n) is 4.83. The van der Waals surface area contributed by atoms with Crippen LogP contribution in [0.1, 0.15) is 4.88 Å². The number of nitrogens with zero attached hydrogens (tertiary/aromatic N) is 5. The van der Waals surface area contributed by atoms with Crippen LogP contribution in [0.4, 0.5) is 0 Å². The topological polar surface area (TPSA) is 109 Å². The second-order valence-electron chi connectivity index (χ2n) is 3.47. The number of aromatic nitrogens is 1. The van der Waals surface area contributed by atoms with Crippen molar-refractivity contribution in [3.8, 4) is 0 Å². The third-order valence-corrected chi connectivity index (χ3v) is 3.38. The van der Waals surface area contributed by atoms with Crippen LogP contribution in [0.25, 0.3) is 0 Å². The van der Waals surface area contributed by atoms with Crippen LogP contribution in [0.3, 0.4) is 0 Å². The number of amides is 2. The third-order valence-electron chi connectivity index (χ3n) is 2.28. The summed E-state index contributed by atoms with van der Waals surface area (Å²) in [6.07, 6.45) is 1.42. The smallest absolute Gasteiger partial charge is 0.272 e. The van der Waals surface area contributed by atoms with E-state index in [1.54, 1.807) is 0 Å². The van der Waals surface area contributed by atoms with E-state index < -0.39 is 16.8 Å². The van der Waals surface area contributed by atoms with Crippen molar-refractivity contribution in [3.05, 3.63) is 25.7 Å². The maximum Gasteiger partial charge on any atom is 0.319 e. The Morgan fingerprint density at radius 1 is 1.53 bits per heavy atom. The number of hydrogen-bond donors (Lipinski definition) is 0. The van der Waals surface area contributed by atoms with Crippen molar-refractivity contribution in [3.63, 3.8) is 0 Å². The SMILES string of the molecule is CN1C(=O)C(=O)N(Cc2cnc(Cl)s2)C1=N[N+](=O)[O-]. The van der Waals surface area contributed by atoms with Crippen LogP contribution in [0.2, 0.25) is 4.47 Å². The average molecular weight is 304 g/mol. The molecule has 0 unspecified atom stereocenters. The molecular weight excluding hydrogens is 298 g/mol. The molecule has 0 N–H and O–H groups in total. The summed E-state index contributed by atoms with van der Waals surface area (Å²) in [7, 11) is 1.24. The number of hydrazone groups is 1. The number of thiazole rings is 1. The first kappa shape index (κ1) is 13.4. The monoisotopic (exact) mass is 303 g/mol. The molecule has 1 aliphatic rings. The van der Waals surface area contributed by atoms with Gasteiger partial charge in [0, 0.05) is 18.1 Å². The van der Waals surface area contributed by atoms with Crippen LogP contribution in [0, 0.1) is 10.1 Å². The molecule has 11 heteroatoms. The summed E-state index contributed by atoms with van der Waals surface area (Å²) in [6, 6.07) is 0. The number of carbonyl (C=O) groups is 2. The predicted octanol–water partition coefficient (Wildman–Crippen LogP) is 0.145. The van der Waals surface area contributed by atoms with Crippen molar-refractivity contribution in [2.24, 2.45) is 5.10 Å². The molecule has 0 aromatic carbocycles. The van der Waals surface area contributed by atoms with Crippen molar-refractivity contribution >= 4 is 40.7 Å². The molecule has 2 rings (SSSR count). The minimum absolute atomic E-state index is 0.0496. The van der Waals surface area contributed by atoms with Gasteiger partial charge in [-0.05, 0) is 0 Å². The molecule has 2 heterocycles. The van der Waals surface area contributed by atoms with Gasteiger partial charge in [-0.15, -0.1) is 11.3 Å². The molecule has 0 bridgehead atoms. The van der Waals surface area contributed by atoms with Gasteiger partial charge in [0.1, 0.15) is 5.10 Å². The molecule has 0 spiro atoms. The van der Waals surface area contributed by atoms with Crippen LogP contribution in [0.5, 0.6) is 0 Å². The van der Waals surface area contributed by atoms with Gasteiger partial charge in [-0.2, -0.15) is 0 Å². The van der Waals surface area contributed by atoms with E-state index in [9.17, 15) is 19.7 Å². The number of guanidine groups is 1. The third kappa shape index (κ3) is 2.53. The maximum absolute atomic E-state index is 11.7. The molecule has 1 saturated heterocycles. The second kappa shape index (κ2) is 4.90. The van der Waals surface area contributed by atoms with Gasteiger partial charge in [0.05, 0.1) is 6.54 Å². The fourth-order valence-corrected chi connectivity index (χ4v) is 2.44. The molecule has 1 aromatic rings. The number of rotatable bonds is 3. The van der Waals surface area contributed by atoms with Crippen LogP contribution in [-0.4, -0.2) is 44.6 Å². The normalized spacial score (nSPS) is 17.7. The molecule has 0 aliphatic carbocycles. The first-order valence-corrected chi connectivity index (χ1v) is 6.02. The van der Waals surface area contributed by atoms with E-state index in [1.807, 2.05) is 0 Å².